The molecule has 1 heterocycles. The van der Waals surface area contributed by atoms with Crippen molar-refractivity contribution in [2.45, 2.75) is 44.7 Å². The van der Waals surface area contributed by atoms with Gasteiger partial charge in [0.15, 0.2) is 0 Å². The zero-order valence-electron chi connectivity index (χ0n) is 10.7. The molecule has 2 unspecified atom stereocenters. The second kappa shape index (κ2) is 5.14. The zero-order valence-corrected chi connectivity index (χ0v) is 10.7. The van der Waals surface area contributed by atoms with Crippen molar-refractivity contribution in [2.75, 3.05) is 6.61 Å². The van der Waals surface area contributed by atoms with Gasteiger partial charge >= 0.3 is 0 Å². The highest BCUT2D eigenvalue weighted by Gasteiger charge is 2.34. The quantitative estimate of drug-likeness (QED) is 0.816. The lowest BCUT2D eigenvalue weighted by Crippen LogP contribution is -2.51. The number of aromatic nitrogens is 3. The molecule has 1 aliphatic rings. The molecule has 2 N–H and O–H groups in total. The summed E-state index contributed by atoms with van der Waals surface area (Å²) in [6, 6.07) is 0. The Labute approximate surface area is 102 Å². The first-order chi connectivity index (χ1) is 8.15. The Bertz CT molecular complexity index is 365. The molecule has 1 fully saturated rings. The Kier molecular flexibility index (Phi) is 3.79. The molecule has 0 amide bonds. The highest BCUT2D eigenvalue weighted by Crippen LogP contribution is 2.32. The smallest absolute Gasteiger partial charge is 0.140 e. The molecule has 1 saturated carbocycles. The first kappa shape index (κ1) is 12.5. The number of hydrogen-bond acceptors (Lipinski definition) is 4. The summed E-state index contributed by atoms with van der Waals surface area (Å²) < 4.78 is 1.77. The van der Waals surface area contributed by atoms with Gasteiger partial charge in [-0.2, -0.15) is 5.10 Å². The largest absolute Gasteiger partial charge is 0.394 e. The first-order valence-electron chi connectivity index (χ1n) is 6.34. The van der Waals surface area contributed by atoms with E-state index in [0.717, 1.165) is 18.7 Å². The molecule has 0 aliphatic heterocycles. The molecule has 5 nitrogen and oxygen atoms in total. The molecule has 2 rings (SSSR count). The maximum Gasteiger partial charge on any atom is 0.140 e. The van der Waals surface area contributed by atoms with Gasteiger partial charge in [-0.1, -0.05) is 19.8 Å². The molecule has 0 saturated heterocycles. The lowest BCUT2D eigenvalue weighted by molar-refractivity contribution is 0.0972. The Hall–Kier alpha value is -0.940. The summed E-state index contributed by atoms with van der Waals surface area (Å²) in [5.74, 6) is 1.60. The van der Waals surface area contributed by atoms with Gasteiger partial charge in [-0.25, -0.2) is 4.98 Å². The molecule has 2 atom stereocenters. The van der Waals surface area contributed by atoms with Crippen molar-refractivity contribution in [3.8, 4) is 0 Å². The Balaban J connectivity index is 1.97. The average Bonchev–Trinajstić information content (AvgIpc) is 2.72. The topological polar surface area (TPSA) is 63.0 Å². The predicted octanol–water partition coefficient (Wildman–Crippen LogP) is 0.846. The average molecular weight is 238 g/mol. The van der Waals surface area contributed by atoms with E-state index in [-0.39, 0.29) is 12.1 Å². The van der Waals surface area contributed by atoms with E-state index >= 15 is 0 Å². The molecule has 0 bridgehead atoms. The van der Waals surface area contributed by atoms with Gasteiger partial charge in [0.1, 0.15) is 12.2 Å². The normalized spacial score (nSPS) is 29.5. The molecule has 5 heteroatoms. The van der Waals surface area contributed by atoms with Crippen LogP contribution in [0, 0.1) is 5.92 Å². The Morgan fingerprint density at radius 1 is 1.65 bits per heavy atom. The minimum absolute atomic E-state index is 0.121. The molecule has 0 spiro atoms. The Morgan fingerprint density at radius 2 is 2.47 bits per heavy atom. The standard InChI is InChI=1S/C12H22N4O/c1-10-4-3-5-12(6-10,8-17)14-7-11-13-9-15-16(11)2/h9-10,14,17H,3-8H2,1-2H3. The minimum Gasteiger partial charge on any atom is -0.394 e. The Morgan fingerprint density at radius 3 is 3.06 bits per heavy atom. The van der Waals surface area contributed by atoms with Gasteiger partial charge in [0.25, 0.3) is 0 Å². The van der Waals surface area contributed by atoms with Crippen LogP contribution in [0.1, 0.15) is 38.4 Å². The molecule has 96 valence electrons. The van der Waals surface area contributed by atoms with E-state index in [2.05, 4.69) is 22.3 Å². The summed E-state index contributed by atoms with van der Waals surface area (Å²) in [5.41, 5.74) is -0.121. The number of nitrogens with one attached hydrogen (secondary N) is 1. The second-order valence-corrected chi connectivity index (χ2v) is 5.29. The van der Waals surface area contributed by atoms with Crippen LogP contribution in [0.3, 0.4) is 0 Å². The van der Waals surface area contributed by atoms with Crippen LogP contribution in [0.2, 0.25) is 0 Å². The van der Waals surface area contributed by atoms with Crippen molar-refractivity contribution >= 4 is 0 Å². The summed E-state index contributed by atoms with van der Waals surface area (Å²) >= 11 is 0. The molecule has 1 aromatic rings. The SMILES string of the molecule is CC1CCCC(CO)(NCc2ncnn2C)C1. The fraction of sp³-hybridized carbons (Fsp3) is 0.833. The van der Waals surface area contributed by atoms with Crippen LogP contribution in [0.15, 0.2) is 6.33 Å². The highest BCUT2D eigenvalue weighted by molar-refractivity contribution is 4.95. The van der Waals surface area contributed by atoms with E-state index in [0.29, 0.717) is 12.5 Å². The van der Waals surface area contributed by atoms with Gasteiger partial charge in [0.05, 0.1) is 13.2 Å². The van der Waals surface area contributed by atoms with Crippen LogP contribution in [-0.2, 0) is 13.6 Å². The predicted molar refractivity (Wildman–Crippen MR) is 65.3 cm³/mol. The number of nitrogens with zero attached hydrogens (tertiary/aromatic N) is 3. The summed E-state index contributed by atoms with van der Waals surface area (Å²) in [5, 5.41) is 17.2. The number of rotatable bonds is 4. The number of hydrogen-bond donors (Lipinski definition) is 2. The maximum atomic E-state index is 9.65. The summed E-state index contributed by atoms with van der Waals surface area (Å²) in [7, 11) is 1.89. The number of aliphatic hydroxyl groups is 1. The number of aliphatic hydroxyl groups excluding tert-OH is 1. The van der Waals surface area contributed by atoms with Crippen LogP contribution in [0.5, 0.6) is 0 Å². The van der Waals surface area contributed by atoms with Crippen molar-refractivity contribution in [1.29, 1.82) is 0 Å². The van der Waals surface area contributed by atoms with Crippen LogP contribution in [-0.4, -0.2) is 32.0 Å². The molecule has 17 heavy (non-hydrogen) atoms. The third kappa shape index (κ3) is 2.84. The van der Waals surface area contributed by atoms with Crippen molar-refractivity contribution < 1.29 is 5.11 Å². The first-order valence-corrected chi connectivity index (χ1v) is 6.34. The van der Waals surface area contributed by atoms with Crippen molar-refractivity contribution in [3.63, 3.8) is 0 Å². The fourth-order valence-corrected chi connectivity index (χ4v) is 2.77. The maximum absolute atomic E-state index is 9.65. The molecule has 0 aromatic carbocycles. The third-order valence-electron chi connectivity index (χ3n) is 3.82. The molecule has 1 aliphatic carbocycles. The van der Waals surface area contributed by atoms with Crippen molar-refractivity contribution in [2.24, 2.45) is 13.0 Å². The number of aryl methyl sites for hydroxylation is 1. The minimum atomic E-state index is -0.121. The summed E-state index contributed by atoms with van der Waals surface area (Å²) in [4.78, 5) is 4.19. The zero-order chi connectivity index (χ0) is 12.3. The van der Waals surface area contributed by atoms with E-state index < -0.39 is 0 Å². The lowest BCUT2D eigenvalue weighted by Gasteiger charge is -2.39. The van der Waals surface area contributed by atoms with Gasteiger partial charge < -0.3 is 10.4 Å². The van der Waals surface area contributed by atoms with Gasteiger partial charge in [0.2, 0.25) is 0 Å². The van der Waals surface area contributed by atoms with E-state index in [1.165, 1.54) is 12.8 Å². The van der Waals surface area contributed by atoms with Crippen LogP contribution in [0.4, 0.5) is 0 Å². The highest BCUT2D eigenvalue weighted by atomic mass is 16.3. The van der Waals surface area contributed by atoms with Crippen molar-refractivity contribution in [3.05, 3.63) is 12.2 Å². The van der Waals surface area contributed by atoms with Gasteiger partial charge in [-0.05, 0) is 18.8 Å². The summed E-state index contributed by atoms with van der Waals surface area (Å²) in [6.07, 6.45) is 6.11. The fourth-order valence-electron chi connectivity index (χ4n) is 2.77. The van der Waals surface area contributed by atoms with E-state index in [1.54, 1.807) is 11.0 Å². The van der Waals surface area contributed by atoms with Gasteiger partial charge in [-0.15, -0.1) is 0 Å². The lowest BCUT2D eigenvalue weighted by atomic mass is 9.77. The molecular formula is C12H22N4O. The second-order valence-electron chi connectivity index (χ2n) is 5.29. The van der Waals surface area contributed by atoms with Crippen molar-refractivity contribution in [1.82, 2.24) is 20.1 Å². The van der Waals surface area contributed by atoms with Crippen LogP contribution < -0.4 is 5.32 Å². The molecule has 0 radical (unpaired) electrons. The summed E-state index contributed by atoms with van der Waals surface area (Å²) in [6.45, 7) is 3.13. The van der Waals surface area contributed by atoms with Gasteiger partial charge in [0, 0.05) is 12.6 Å². The van der Waals surface area contributed by atoms with E-state index in [1.807, 2.05) is 7.05 Å². The van der Waals surface area contributed by atoms with Crippen LogP contribution in [0.25, 0.3) is 0 Å². The van der Waals surface area contributed by atoms with Crippen LogP contribution >= 0.6 is 0 Å². The molecule has 1 aromatic heterocycles. The van der Waals surface area contributed by atoms with E-state index in [9.17, 15) is 5.11 Å². The molecular weight excluding hydrogens is 216 g/mol. The van der Waals surface area contributed by atoms with Gasteiger partial charge in [-0.3, -0.25) is 4.68 Å². The third-order valence-corrected chi connectivity index (χ3v) is 3.82. The monoisotopic (exact) mass is 238 g/mol. The van der Waals surface area contributed by atoms with E-state index in [4.69, 9.17) is 0 Å².